The van der Waals surface area contributed by atoms with Crippen LogP contribution >= 0.6 is 0 Å². The molecule has 0 radical (unpaired) electrons. The van der Waals surface area contributed by atoms with Gasteiger partial charge in [-0.15, -0.1) is 0 Å². The van der Waals surface area contributed by atoms with Crippen LogP contribution in [0.25, 0.3) is 6.08 Å². The zero-order valence-electron chi connectivity index (χ0n) is 17.4. The van der Waals surface area contributed by atoms with Gasteiger partial charge in [0.1, 0.15) is 6.10 Å². The third kappa shape index (κ3) is 6.18. The second-order valence-corrected chi connectivity index (χ2v) is 7.56. The number of hydrogen-bond donors (Lipinski definition) is 0. The molecule has 0 saturated carbocycles. The minimum atomic E-state index is -0.289. The lowest BCUT2D eigenvalue weighted by Crippen LogP contribution is -2.17. The molecule has 29 heavy (non-hydrogen) atoms. The van der Waals surface area contributed by atoms with E-state index in [1.807, 2.05) is 36.4 Å². The molecule has 0 aliphatic rings. The summed E-state index contributed by atoms with van der Waals surface area (Å²) < 4.78 is 5.85. The van der Waals surface area contributed by atoms with Crippen LogP contribution in [0.2, 0.25) is 0 Å². The number of esters is 1. The number of rotatable bonds is 7. The molecule has 0 heterocycles. The van der Waals surface area contributed by atoms with Crippen molar-refractivity contribution >= 4 is 12.0 Å². The Balaban J connectivity index is 1.76. The summed E-state index contributed by atoms with van der Waals surface area (Å²) in [6.45, 7) is 6.31. The van der Waals surface area contributed by atoms with E-state index in [2.05, 4.69) is 57.2 Å². The summed E-state index contributed by atoms with van der Waals surface area (Å²) in [5, 5.41) is 0. The molecule has 148 valence electrons. The van der Waals surface area contributed by atoms with Gasteiger partial charge < -0.3 is 4.74 Å². The monoisotopic (exact) mass is 384 g/mol. The van der Waals surface area contributed by atoms with Crippen molar-refractivity contribution < 1.29 is 9.53 Å². The Morgan fingerprint density at radius 2 is 1.55 bits per heavy atom. The Bertz CT molecular complexity index is 966. The zero-order chi connectivity index (χ0) is 20.6. The van der Waals surface area contributed by atoms with Crippen molar-refractivity contribution in [3.63, 3.8) is 0 Å². The highest BCUT2D eigenvalue weighted by Crippen LogP contribution is 2.17. The number of carbonyl (C=O) groups is 1. The maximum absolute atomic E-state index is 12.6. The fourth-order valence-electron chi connectivity index (χ4n) is 3.48. The highest BCUT2D eigenvalue weighted by atomic mass is 16.5. The predicted octanol–water partition coefficient (Wildman–Crippen LogP) is 6.48. The molecule has 0 fully saturated rings. The lowest BCUT2D eigenvalue weighted by molar-refractivity contribution is 0.0382. The lowest BCUT2D eigenvalue weighted by Gasteiger charge is -2.15. The van der Waals surface area contributed by atoms with Gasteiger partial charge in [-0.1, -0.05) is 77.9 Å². The van der Waals surface area contributed by atoms with Crippen molar-refractivity contribution in [2.24, 2.45) is 0 Å². The van der Waals surface area contributed by atoms with Crippen LogP contribution < -0.4 is 0 Å². The van der Waals surface area contributed by atoms with Crippen LogP contribution in [0.15, 0.2) is 78.9 Å². The highest BCUT2D eigenvalue weighted by Gasteiger charge is 2.14. The molecular weight excluding hydrogens is 356 g/mol. The molecule has 0 unspecified atom stereocenters. The number of benzene rings is 3. The van der Waals surface area contributed by atoms with E-state index in [-0.39, 0.29) is 12.1 Å². The SMILES string of the molecule is Cc1cc(C)cc(CC[C@H](/C=C/c2ccccc2C)OC(=O)c2ccccc2)c1. The van der Waals surface area contributed by atoms with Crippen LogP contribution in [-0.2, 0) is 11.2 Å². The molecule has 0 aliphatic heterocycles. The van der Waals surface area contributed by atoms with Crippen LogP contribution in [0.5, 0.6) is 0 Å². The van der Waals surface area contributed by atoms with Crippen molar-refractivity contribution in [2.75, 3.05) is 0 Å². The first-order chi connectivity index (χ1) is 14.0. The van der Waals surface area contributed by atoms with Gasteiger partial charge in [-0.05, 0) is 68.5 Å². The van der Waals surface area contributed by atoms with Crippen molar-refractivity contribution in [1.29, 1.82) is 0 Å². The minimum absolute atomic E-state index is 0.287. The van der Waals surface area contributed by atoms with Gasteiger partial charge in [0.25, 0.3) is 0 Å². The first-order valence-corrected chi connectivity index (χ1v) is 10.1. The normalized spacial score (nSPS) is 12.1. The van der Waals surface area contributed by atoms with Crippen molar-refractivity contribution in [2.45, 2.75) is 39.7 Å². The predicted molar refractivity (Wildman–Crippen MR) is 120 cm³/mol. The first-order valence-electron chi connectivity index (χ1n) is 10.1. The third-order valence-corrected chi connectivity index (χ3v) is 4.95. The summed E-state index contributed by atoms with van der Waals surface area (Å²) >= 11 is 0. The summed E-state index contributed by atoms with van der Waals surface area (Å²) in [4.78, 5) is 12.6. The topological polar surface area (TPSA) is 26.3 Å². The summed E-state index contributed by atoms with van der Waals surface area (Å²) in [5.74, 6) is -0.287. The van der Waals surface area contributed by atoms with Crippen molar-refractivity contribution in [1.82, 2.24) is 0 Å². The average Bonchev–Trinajstić information content (AvgIpc) is 2.71. The van der Waals surface area contributed by atoms with Crippen LogP contribution in [0.4, 0.5) is 0 Å². The molecular formula is C27H28O2. The standard InChI is InChI=1S/C27H28O2/c1-20-17-21(2)19-23(18-20)13-15-26(16-14-24-10-8-7-9-22(24)3)29-27(28)25-11-5-4-6-12-25/h4-12,14,16-19,26H,13,15H2,1-3H3/b16-14+/t26-/m1/s1. The molecule has 2 nitrogen and oxygen atoms in total. The number of carbonyl (C=O) groups excluding carboxylic acids is 1. The van der Waals surface area contributed by atoms with Crippen molar-refractivity contribution in [3.8, 4) is 0 Å². The fourth-order valence-corrected chi connectivity index (χ4v) is 3.48. The van der Waals surface area contributed by atoms with Crippen LogP contribution in [-0.4, -0.2) is 12.1 Å². The van der Waals surface area contributed by atoms with Crippen LogP contribution in [0, 0.1) is 20.8 Å². The Morgan fingerprint density at radius 3 is 2.24 bits per heavy atom. The summed E-state index contributed by atoms with van der Waals surface area (Å²) in [7, 11) is 0. The molecule has 2 heteroatoms. The van der Waals surface area contributed by atoms with E-state index in [9.17, 15) is 4.79 Å². The molecule has 3 aromatic carbocycles. The van der Waals surface area contributed by atoms with E-state index in [4.69, 9.17) is 4.74 Å². The highest BCUT2D eigenvalue weighted by molar-refractivity contribution is 5.89. The van der Waals surface area contributed by atoms with E-state index >= 15 is 0 Å². The Hall–Kier alpha value is -3.13. The van der Waals surface area contributed by atoms with E-state index in [0.717, 1.165) is 18.4 Å². The van der Waals surface area contributed by atoms with Gasteiger partial charge in [0.15, 0.2) is 0 Å². The zero-order valence-corrected chi connectivity index (χ0v) is 17.4. The fraction of sp³-hybridized carbons (Fsp3) is 0.222. The number of ether oxygens (including phenoxy) is 1. The Morgan fingerprint density at radius 1 is 0.897 bits per heavy atom. The molecule has 0 bridgehead atoms. The molecule has 0 spiro atoms. The first kappa shape index (κ1) is 20.6. The minimum Gasteiger partial charge on any atom is -0.455 e. The summed E-state index contributed by atoms with van der Waals surface area (Å²) in [6, 6.07) is 24.0. The molecule has 0 saturated heterocycles. The van der Waals surface area contributed by atoms with Gasteiger partial charge in [-0.25, -0.2) is 4.79 Å². The Labute approximate surface area is 173 Å². The quantitative estimate of drug-likeness (QED) is 0.436. The van der Waals surface area contributed by atoms with E-state index in [1.165, 1.54) is 22.3 Å². The smallest absolute Gasteiger partial charge is 0.338 e. The average molecular weight is 385 g/mol. The van der Waals surface area contributed by atoms with Gasteiger partial charge in [-0.2, -0.15) is 0 Å². The van der Waals surface area contributed by atoms with Crippen molar-refractivity contribution in [3.05, 3.63) is 112 Å². The summed E-state index contributed by atoms with van der Waals surface area (Å²) in [6.07, 6.45) is 5.37. The summed E-state index contributed by atoms with van der Waals surface area (Å²) in [5.41, 5.74) is 6.70. The van der Waals surface area contributed by atoms with Gasteiger partial charge in [0, 0.05) is 0 Å². The van der Waals surface area contributed by atoms with E-state index in [1.54, 1.807) is 12.1 Å². The Kier molecular flexibility index (Phi) is 7.02. The second-order valence-electron chi connectivity index (χ2n) is 7.56. The molecule has 3 aromatic rings. The van der Waals surface area contributed by atoms with Gasteiger partial charge in [0.2, 0.25) is 0 Å². The lowest BCUT2D eigenvalue weighted by atomic mass is 10.0. The molecule has 0 aromatic heterocycles. The molecule has 3 rings (SSSR count). The number of aryl methyl sites for hydroxylation is 4. The molecule has 0 N–H and O–H groups in total. The maximum Gasteiger partial charge on any atom is 0.338 e. The van der Waals surface area contributed by atoms with Crippen LogP contribution in [0.1, 0.15) is 44.6 Å². The largest absolute Gasteiger partial charge is 0.455 e. The van der Waals surface area contributed by atoms with Gasteiger partial charge in [0.05, 0.1) is 5.56 Å². The van der Waals surface area contributed by atoms with E-state index < -0.39 is 0 Å². The van der Waals surface area contributed by atoms with E-state index in [0.29, 0.717) is 5.56 Å². The van der Waals surface area contributed by atoms with Gasteiger partial charge in [-0.3, -0.25) is 0 Å². The second kappa shape index (κ2) is 9.88. The third-order valence-electron chi connectivity index (χ3n) is 4.95. The molecule has 0 aliphatic carbocycles. The van der Waals surface area contributed by atoms with Crippen LogP contribution in [0.3, 0.4) is 0 Å². The molecule has 1 atom stereocenters. The van der Waals surface area contributed by atoms with Gasteiger partial charge >= 0.3 is 5.97 Å². The molecule has 0 amide bonds. The maximum atomic E-state index is 12.6. The number of hydrogen-bond acceptors (Lipinski definition) is 2.